The SMILES string of the molecule is COc1ccc([C@H]2c3c(C)nn(-c4ccccc4)c3Oc3ncn4nc(COc5ccccc5)nc4c32)cc1OC. The van der Waals surface area contributed by atoms with Crippen LogP contribution in [0.4, 0.5) is 0 Å². The molecule has 0 amide bonds. The minimum absolute atomic E-state index is 0.207. The predicted molar refractivity (Wildman–Crippen MR) is 150 cm³/mol. The van der Waals surface area contributed by atoms with E-state index in [1.165, 1.54) is 0 Å². The molecular weight excluding hydrogens is 520 g/mol. The number of aryl methyl sites for hydroxylation is 1. The maximum absolute atomic E-state index is 6.50. The highest BCUT2D eigenvalue weighted by Crippen LogP contribution is 2.50. The Morgan fingerprint density at radius 2 is 1.61 bits per heavy atom. The molecule has 10 heteroatoms. The molecule has 0 fully saturated rings. The van der Waals surface area contributed by atoms with Gasteiger partial charge in [0.15, 0.2) is 23.0 Å². The lowest BCUT2D eigenvalue weighted by molar-refractivity contribution is 0.296. The summed E-state index contributed by atoms with van der Waals surface area (Å²) < 4.78 is 27.1. The zero-order valence-corrected chi connectivity index (χ0v) is 22.7. The Kier molecular flexibility index (Phi) is 6.00. The molecule has 0 bridgehead atoms. The molecule has 0 radical (unpaired) electrons. The number of para-hydroxylation sites is 2. The fourth-order valence-corrected chi connectivity index (χ4v) is 5.26. The molecule has 0 spiro atoms. The summed E-state index contributed by atoms with van der Waals surface area (Å²) in [7, 11) is 3.25. The molecule has 1 atom stereocenters. The zero-order chi connectivity index (χ0) is 27.9. The summed E-state index contributed by atoms with van der Waals surface area (Å²) in [6.07, 6.45) is 1.61. The van der Waals surface area contributed by atoms with E-state index in [-0.39, 0.29) is 12.5 Å². The largest absolute Gasteiger partial charge is 0.493 e. The molecule has 4 heterocycles. The van der Waals surface area contributed by atoms with Crippen molar-refractivity contribution in [1.82, 2.24) is 29.4 Å². The maximum atomic E-state index is 6.50. The summed E-state index contributed by atoms with van der Waals surface area (Å²) >= 11 is 0. The zero-order valence-electron chi connectivity index (χ0n) is 22.7. The van der Waals surface area contributed by atoms with Crippen molar-refractivity contribution >= 4 is 5.65 Å². The normalized spacial score (nSPS) is 13.8. The van der Waals surface area contributed by atoms with Crippen molar-refractivity contribution in [1.29, 1.82) is 0 Å². The van der Waals surface area contributed by atoms with E-state index in [2.05, 4.69) is 10.1 Å². The third-order valence-electron chi connectivity index (χ3n) is 7.12. The smallest absolute Gasteiger partial charge is 0.230 e. The number of fused-ring (bicyclic) bond motifs is 4. The number of ether oxygens (including phenoxy) is 4. The Morgan fingerprint density at radius 3 is 2.37 bits per heavy atom. The lowest BCUT2D eigenvalue weighted by atomic mass is 9.84. The van der Waals surface area contributed by atoms with Crippen LogP contribution < -0.4 is 18.9 Å². The Labute approximate surface area is 235 Å². The van der Waals surface area contributed by atoms with Gasteiger partial charge in [0.05, 0.1) is 42.6 Å². The average molecular weight is 547 g/mol. The first kappa shape index (κ1) is 24.6. The van der Waals surface area contributed by atoms with Gasteiger partial charge in [-0.05, 0) is 48.9 Å². The summed E-state index contributed by atoms with van der Waals surface area (Å²) in [5.41, 5.74) is 4.97. The Morgan fingerprint density at radius 1 is 0.854 bits per heavy atom. The van der Waals surface area contributed by atoms with Gasteiger partial charge in [0.25, 0.3) is 0 Å². The first-order valence-electron chi connectivity index (χ1n) is 13.1. The van der Waals surface area contributed by atoms with Gasteiger partial charge < -0.3 is 18.9 Å². The van der Waals surface area contributed by atoms with Gasteiger partial charge in [-0.3, -0.25) is 0 Å². The monoisotopic (exact) mass is 546 g/mol. The van der Waals surface area contributed by atoms with Gasteiger partial charge in [-0.1, -0.05) is 42.5 Å². The van der Waals surface area contributed by atoms with Crippen LogP contribution >= 0.6 is 0 Å². The minimum Gasteiger partial charge on any atom is -0.493 e. The number of nitrogens with zero attached hydrogens (tertiary/aromatic N) is 6. The Bertz CT molecular complexity index is 1870. The van der Waals surface area contributed by atoms with Gasteiger partial charge in [0, 0.05) is 0 Å². The molecule has 0 saturated heterocycles. The highest BCUT2D eigenvalue weighted by Gasteiger charge is 2.38. The molecule has 1 aliphatic rings. The van der Waals surface area contributed by atoms with E-state index < -0.39 is 0 Å². The van der Waals surface area contributed by atoms with Gasteiger partial charge in [-0.2, -0.15) is 5.10 Å². The second-order valence-corrected chi connectivity index (χ2v) is 9.56. The van der Waals surface area contributed by atoms with Crippen LogP contribution in [0.15, 0.2) is 85.2 Å². The third kappa shape index (κ3) is 4.20. The molecule has 10 nitrogen and oxygen atoms in total. The molecular formula is C31H26N6O4. The molecule has 6 aromatic rings. The van der Waals surface area contributed by atoms with Crippen LogP contribution in [-0.4, -0.2) is 43.6 Å². The summed E-state index contributed by atoms with van der Waals surface area (Å²) in [6.45, 7) is 2.19. The molecule has 0 unspecified atom stereocenters. The lowest BCUT2D eigenvalue weighted by Crippen LogP contribution is -2.16. The first-order valence-corrected chi connectivity index (χ1v) is 13.1. The summed E-state index contributed by atoms with van der Waals surface area (Å²) in [5.74, 6) is 3.24. The van der Waals surface area contributed by atoms with E-state index in [4.69, 9.17) is 29.0 Å². The van der Waals surface area contributed by atoms with Crippen molar-refractivity contribution in [3.63, 3.8) is 0 Å². The molecule has 0 saturated carbocycles. The van der Waals surface area contributed by atoms with E-state index in [1.54, 1.807) is 25.1 Å². The standard InChI is InChI=1S/C31H26N6O4/c1-19-26-27(20-14-15-23(38-2)24(16-20)39-3)28-29-33-25(17-40-22-12-8-5-9-13-22)35-36(29)18-32-30(28)41-31(26)37(34-19)21-10-6-4-7-11-21/h4-16,18,27H,17H2,1-3H3/t27-/m0/s1. The van der Waals surface area contributed by atoms with Gasteiger partial charge in [0.2, 0.25) is 11.8 Å². The number of rotatable bonds is 7. The Hall–Kier alpha value is -5.38. The van der Waals surface area contributed by atoms with Gasteiger partial charge in [0.1, 0.15) is 18.7 Å². The number of aromatic nitrogens is 6. The second kappa shape index (κ2) is 9.98. The van der Waals surface area contributed by atoms with Crippen LogP contribution in [0.3, 0.4) is 0 Å². The molecule has 0 aliphatic carbocycles. The van der Waals surface area contributed by atoms with E-state index in [9.17, 15) is 0 Å². The van der Waals surface area contributed by atoms with Gasteiger partial charge in [-0.15, -0.1) is 5.10 Å². The van der Waals surface area contributed by atoms with E-state index in [0.717, 1.165) is 33.8 Å². The molecule has 3 aromatic carbocycles. The molecule has 204 valence electrons. The van der Waals surface area contributed by atoms with Crippen LogP contribution in [0.25, 0.3) is 11.3 Å². The predicted octanol–water partition coefficient (Wildman–Crippen LogP) is 5.50. The van der Waals surface area contributed by atoms with Gasteiger partial charge >= 0.3 is 0 Å². The quantitative estimate of drug-likeness (QED) is 0.259. The number of methoxy groups -OCH3 is 2. The van der Waals surface area contributed by atoms with Crippen molar-refractivity contribution < 1.29 is 18.9 Å². The number of hydrogen-bond acceptors (Lipinski definition) is 8. The highest BCUT2D eigenvalue weighted by atomic mass is 16.5. The third-order valence-corrected chi connectivity index (χ3v) is 7.12. The van der Waals surface area contributed by atoms with Crippen LogP contribution in [-0.2, 0) is 6.61 Å². The fraction of sp³-hybridized carbons (Fsp3) is 0.161. The van der Waals surface area contributed by atoms with Crippen LogP contribution in [0.5, 0.6) is 29.0 Å². The number of hydrogen-bond donors (Lipinski definition) is 0. The highest BCUT2D eigenvalue weighted by molar-refractivity contribution is 5.67. The van der Waals surface area contributed by atoms with E-state index >= 15 is 0 Å². The first-order chi connectivity index (χ1) is 20.1. The van der Waals surface area contributed by atoms with E-state index in [0.29, 0.717) is 34.7 Å². The number of benzene rings is 3. The summed E-state index contributed by atoms with van der Waals surface area (Å²) in [6, 6.07) is 25.4. The van der Waals surface area contributed by atoms with E-state index in [1.807, 2.05) is 90.5 Å². The maximum Gasteiger partial charge on any atom is 0.230 e. The van der Waals surface area contributed by atoms with Crippen molar-refractivity contribution in [2.45, 2.75) is 19.4 Å². The summed E-state index contributed by atoms with van der Waals surface area (Å²) in [4.78, 5) is 9.56. The van der Waals surface area contributed by atoms with Gasteiger partial charge in [-0.25, -0.2) is 19.2 Å². The molecule has 1 aliphatic heterocycles. The molecule has 41 heavy (non-hydrogen) atoms. The Balaban J connectivity index is 1.41. The van der Waals surface area contributed by atoms with Crippen molar-refractivity contribution in [3.05, 3.63) is 113 Å². The summed E-state index contributed by atoms with van der Waals surface area (Å²) in [5, 5.41) is 9.54. The topological polar surface area (TPSA) is 97.8 Å². The van der Waals surface area contributed by atoms with Crippen molar-refractivity contribution in [2.75, 3.05) is 14.2 Å². The molecule has 3 aromatic heterocycles. The molecule has 0 N–H and O–H groups in total. The second-order valence-electron chi connectivity index (χ2n) is 9.56. The molecule has 7 rings (SSSR count). The average Bonchev–Trinajstić information content (AvgIpc) is 3.60. The van der Waals surface area contributed by atoms with Crippen molar-refractivity contribution in [3.8, 4) is 34.7 Å². The lowest BCUT2D eigenvalue weighted by Gasteiger charge is -2.26. The minimum atomic E-state index is -0.325. The van der Waals surface area contributed by atoms with Crippen LogP contribution in [0.1, 0.15) is 34.1 Å². The fourth-order valence-electron chi connectivity index (χ4n) is 5.26. The van der Waals surface area contributed by atoms with Crippen LogP contribution in [0, 0.1) is 6.92 Å². The van der Waals surface area contributed by atoms with Crippen molar-refractivity contribution in [2.24, 2.45) is 0 Å². The van der Waals surface area contributed by atoms with Crippen LogP contribution in [0.2, 0.25) is 0 Å².